The lowest BCUT2D eigenvalue weighted by molar-refractivity contribution is -0.152. The number of benzene rings is 1. The van der Waals surface area contributed by atoms with E-state index in [1.54, 1.807) is 18.2 Å². The van der Waals surface area contributed by atoms with Gasteiger partial charge in [-0.15, -0.1) is 12.4 Å². The predicted octanol–water partition coefficient (Wildman–Crippen LogP) is 2.34. The van der Waals surface area contributed by atoms with E-state index in [9.17, 15) is 9.90 Å². The summed E-state index contributed by atoms with van der Waals surface area (Å²) in [4.78, 5) is 14.6. The van der Waals surface area contributed by atoms with E-state index in [0.29, 0.717) is 6.61 Å². The summed E-state index contributed by atoms with van der Waals surface area (Å²) < 4.78 is 5.28. The Hall–Kier alpha value is -1.26. The highest BCUT2D eigenvalue weighted by atomic mass is 35.5. The number of piperidine rings is 1. The van der Waals surface area contributed by atoms with Gasteiger partial charge in [0.05, 0.1) is 12.0 Å². The molecular formula is C15H22ClNO3. The number of phenolic OH excluding ortho intramolecular Hbond substituents is 1. The van der Waals surface area contributed by atoms with E-state index in [2.05, 4.69) is 11.9 Å². The molecule has 0 radical (unpaired) electrons. The number of rotatable bonds is 3. The molecule has 1 aliphatic heterocycles. The summed E-state index contributed by atoms with van der Waals surface area (Å²) in [6.07, 6.45) is 1.46. The number of halogens is 1. The van der Waals surface area contributed by atoms with Crippen LogP contribution in [0.1, 0.15) is 25.3 Å². The molecule has 0 bridgehead atoms. The highest BCUT2D eigenvalue weighted by molar-refractivity contribution is 5.85. The molecule has 1 saturated heterocycles. The van der Waals surface area contributed by atoms with Crippen molar-refractivity contribution in [2.24, 2.45) is 0 Å². The minimum absolute atomic E-state index is 0. The van der Waals surface area contributed by atoms with Crippen molar-refractivity contribution in [2.45, 2.75) is 25.2 Å². The van der Waals surface area contributed by atoms with Crippen molar-refractivity contribution in [3.8, 4) is 5.75 Å². The lowest BCUT2D eigenvalue weighted by atomic mass is 9.72. The minimum Gasteiger partial charge on any atom is -0.508 e. The van der Waals surface area contributed by atoms with Crippen LogP contribution in [0.2, 0.25) is 0 Å². The zero-order chi connectivity index (χ0) is 13.9. The van der Waals surface area contributed by atoms with Gasteiger partial charge in [0.1, 0.15) is 5.75 Å². The maximum atomic E-state index is 12.4. The summed E-state index contributed by atoms with van der Waals surface area (Å²) in [6.45, 7) is 3.92. The van der Waals surface area contributed by atoms with Crippen LogP contribution in [0, 0.1) is 0 Å². The van der Waals surface area contributed by atoms with Crippen LogP contribution in [0.3, 0.4) is 0 Å². The number of likely N-dealkylation sites (tertiary alicyclic amines) is 1. The molecule has 1 aliphatic rings. The van der Waals surface area contributed by atoms with E-state index < -0.39 is 5.41 Å². The Bertz CT molecular complexity index is 456. The Morgan fingerprint density at radius 3 is 2.60 bits per heavy atom. The molecule has 0 unspecified atom stereocenters. The summed E-state index contributed by atoms with van der Waals surface area (Å²) in [6, 6.07) is 6.99. The molecule has 0 saturated carbocycles. The van der Waals surface area contributed by atoms with Gasteiger partial charge in [-0.2, -0.15) is 0 Å². The molecule has 0 aromatic heterocycles. The van der Waals surface area contributed by atoms with Crippen molar-refractivity contribution < 1.29 is 14.6 Å². The molecule has 1 aromatic rings. The van der Waals surface area contributed by atoms with Gasteiger partial charge in [0.2, 0.25) is 0 Å². The number of esters is 1. The predicted molar refractivity (Wildman–Crippen MR) is 80.4 cm³/mol. The Balaban J connectivity index is 0.00000200. The highest BCUT2D eigenvalue weighted by Crippen LogP contribution is 2.37. The molecule has 5 heteroatoms. The number of carbonyl (C=O) groups is 1. The van der Waals surface area contributed by atoms with Crippen LogP contribution in [0.4, 0.5) is 0 Å². The molecule has 1 N–H and O–H groups in total. The fourth-order valence-corrected chi connectivity index (χ4v) is 2.68. The SMILES string of the molecule is CCOC(=O)C1(c2cccc(O)c2)CCN(C)CC1.Cl. The molecule has 4 nitrogen and oxygen atoms in total. The van der Waals surface area contributed by atoms with Crippen molar-refractivity contribution in [2.75, 3.05) is 26.7 Å². The first kappa shape index (κ1) is 16.8. The fraction of sp³-hybridized carbons (Fsp3) is 0.533. The van der Waals surface area contributed by atoms with Crippen LogP contribution < -0.4 is 0 Å². The third-order valence-corrected chi connectivity index (χ3v) is 3.91. The molecule has 1 fully saturated rings. The zero-order valence-corrected chi connectivity index (χ0v) is 12.8. The maximum Gasteiger partial charge on any atom is 0.316 e. The second-order valence-electron chi connectivity index (χ2n) is 5.16. The molecule has 0 atom stereocenters. The number of ether oxygens (including phenoxy) is 1. The van der Waals surface area contributed by atoms with Crippen molar-refractivity contribution in [1.82, 2.24) is 4.90 Å². The van der Waals surface area contributed by atoms with Gasteiger partial charge in [-0.1, -0.05) is 12.1 Å². The number of hydrogen-bond donors (Lipinski definition) is 1. The van der Waals surface area contributed by atoms with Crippen LogP contribution in [0.25, 0.3) is 0 Å². The van der Waals surface area contributed by atoms with E-state index >= 15 is 0 Å². The third-order valence-electron chi connectivity index (χ3n) is 3.91. The van der Waals surface area contributed by atoms with Crippen LogP contribution in [0.15, 0.2) is 24.3 Å². The van der Waals surface area contributed by atoms with E-state index in [1.807, 2.05) is 13.0 Å². The van der Waals surface area contributed by atoms with E-state index in [0.717, 1.165) is 31.5 Å². The summed E-state index contributed by atoms with van der Waals surface area (Å²) in [5.74, 6) is 0.0220. The monoisotopic (exact) mass is 299 g/mol. The standard InChI is InChI=1S/C15H21NO3.ClH/c1-3-19-14(18)15(7-9-16(2)10-8-15)12-5-4-6-13(17)11-12;/h4-6,11,17H,3,7-10H2,1-2H3;1H. The zero-order valence-electron chi connectivity index (χ0n) is 12.0. The summed E-state index contributed by atoms with van der Waals surface area (Å²) in [5, 5.41) is 9.66. The summed E-state index contributed by atoms with van der Waals surface area (Å²) in [5.41, 5.74) is 0.250. The van der Waals surface area contributed by atoms with Gasteiger partial charge in [0.15, 0.2) is 0 Å². The van der Waals surface area contributed by atoms with Crippen molar-refractivity contribution in [3.05, 3.63) is 29.8 Å². The van der Waals surface area contributed by atoms with Crippen molar-refractivity contribution in [1.29, 1.82) is 0 Å². The van der Waals surface area contributed by atoms with E-state index in [4.69, 9.17) is 4.74 Å². The fourth-order valence-electron chi connectivity index (χ4n) is 2.68. The number of nitrogens with zero attached hydrogens (tertiary/aromatic N) is 1. The Labute approximate surface area is 126 Å². The van der Waals surface area contributed by atoms with E-state index in [-0.39, 0.29) is 24.1 Å². The van der Waals surface area contributed by atoms with Gasteiger partial charge in [-0.3, -0.25) is 4.79 Å². The largest absolute Gasteiger partial charge is 0.508 e. The van der Waals surface area contributed by atoms with Gasteiger partial charge < -0.3 is 14.7 Å². The second-order valence-corrected chi connectivity index (χ2v) is 5.16. The first-order valence-electron chi connectivity index (χ1n) is 6.74. The number of aromatic hydroxyl groups is 1. The lowest BCUT2D eigenvalue weighted by Gasteiger charge is -2.38. The van der Waals surface area contributed by atoms with Crippen molar-refractivity contribution >= 4 is 18.4 Å². The highest BCUT2D eigenvalue weighted by Gasteiger charge is 2.43. The topological polar surface area (TPSA) is 49.8 Å². The Morgan fingerprint density at radius 2 is 2.05 bits per heavy atom. The van der Waals surface area contributed by atoms with Crippen molar-refractivity contribution in [3.63, 3.8) is 0 Å². The smallest absolute Gasteiger partial charge is 0.316 e. The molecule has 1 heterocycles. The number of carbonyl (C=O) groups excluding carboxylic acids is 1. The minimum atomic E-state index is -0.610. The van der Waals surface area contributed by atoms with Crippen LogP contribution in [-0.4, -0.2) is 42.7 Å². The molecule has 112 valence electrons. The summed E-state index contributed by atoms with van der Waals surface area (Å²) >= 11 is 0. The molecule has 0 amide bonds. The molecule has 20 heavy (non-hydrogen) atoms. The van der Waals surface area contributed by atoms with Crippen LogP contribution in [-0.2, 0) is 14.9 Å². The third kappa shape index (κ3) is 3.25. The Kier molecular flexibility index (Phi) is 5.84. The molecule has 1 aromatic carbocycles. The maximum absolute atomic E-state index is 12.4. The Morgan fingerprint density at radius 1 is 1.40 bits per heavy atom. The van der Waals surface area contributed by atoms with Gasteiger partial charge in [-0.05, 0) is 57.6 Å². The first-order valence-corrected chi connectivity index (χ1v) is 6.74. The van der Waals surface area contributed by atoms with Crippen LogP contribution >= 0.6 is 12.4 Å². The normalized spacial score (nSPS) is 18.1. The first-order chi connectivity index (χ1) is 9.08. The second kappa shape index (κ2) is 6.95. The average molecular weight is 300 g/mol. The van der Waals surface area contributed by atoms with Gasteiger partial charge >= 0.3 is 5.97 Å². The van der Waals surface area contributed by atoms with Gasteiger partial charge in [-0.25, -0.2) is 0 Å². The summed E-state index contributed by atoms with van der Waals surface area (Å²) in [7, 11) is 2.05. The van der Waals surface area contributed by atoms with Gasteiger partial charge in [0, 0.05) is 0 Å². The molecule has 0 aliphatic carbocycles. The molecule has 0 spiro atoms. The van der Waals surface area contributed by atoms with Crippen LogP contribution in [0.5, 0.6) is 5.75 Å². The quantitative estimate of drug-likeness (QED) is 0.871. The lowest BCUT2D eigenvalue weighted by Crippen LogP contribution is -2.47. The molecule has 2 rings (SSSR count). The molecular weight excluding hydrogens is 278 g/mol. The number of hydrogen-bond acceptors (Lipinski definition) is 4. The average Bonchev–Trinajstić information content (AvgIpc) is 2.40. The van der Waals surface area contributed by atoms with E-state index in [1.165, 1.54) is 0 Å². The number of phenols is 1. The van der Waals surface area contributed by atoms with Gasteiger partial charge in [0.25, 0.3) is 0 Å².